The average Bonchev–Trinajstić information content (AvgIpc) is 1.60. The van der Waals surface area contributed by atoms with Gasteiger partial charge in [-0.3, -0.25) is 19.2 Å². The van der Waals surface area contributed by atoms with E-state index in [2.05, 4.69) is 219 Å². The zero-order valence-corrected chi connectivity index (χ0v) is 95.9. The van der Waals surface area contributed by atoms with Gasteiger partial charge in [0.05, 0.1) is 41.1 Å². The van der Waals surface area contributed by atoms with Gasteiger partial charge in [0, 0.05) is 211 Å². The topological polar surface area (TPSA) is 254 Å². The molecule has 0 unspecified atom stereocenters. The van der Waals surface area contributed by atoms with Gasteiger partial charge in [-0.05, 0) is 235 Å². The van der Waals surface area contributed by atoms with Crippen molar-refractivity contribution in [1.82, 2.24) is 0 Å². The number of nitrogens with zero attached hydrogens (tertiary/aromatic N) is 8. The molecule has 4 aromatic carbocycles. The van der Waals surface area contributed by atoms with Crippen LogP contribution in [-0.2, 0) is 61.1 Å². The number of carbonyl (C=O) groups excluding carboxylic acids is 4. The van der Waals surface area contributed by atoms with Crippen LogP contribution < -0.4 is 83.3 Å². The number of hydrogen-bond donors (Lipinski definition) is 0. The number of allylic oxidation sites excluding steroid dienone is 22. The molecule has 2 saturated heterocycles. The molecule has 2 aromatic heterocycles. The van der Waals surface area contributed by atoms with Gasteiger partial charge in [-0.15, -0.1) is 22.7 Å². The van der Waals surface area contributed by atoms with Crippen molar-refractivity contribution in [3.63, 3.8) is 0 Å². The second-order valence-electron chi connectivity index (χ2n) is 40.3. The fourth-order valence-corrected chi connectivity index (χ4v) is 27.0. The van der Waals surface area contributed by atoms with Crippen LogP contribution in [0.2, 0.25) is 0 Å². The smallest absolute Gasteiger partial charge is 1.00 e. The van der Waals surface area contributed by atoms with Crippen LogP contribution in [0.4, 0.5) is 32.8 Å². The number of halogens is 3. The number of thioether (sulfide) groups is 2. The number of anilines is 4. The predicted molar refractivity (Wildman–Crippen MR) is 588 cm³/mol. The Hall–Kier alpha value is -8.37. The van der Waals surface area contributed by atoms with E-state index in [0.29, 0.717) is 58.3 Å². The summed E-state index contributed by atoms with van der Waals surface area (Å²) in [6, 6.07) is 41.6. The molecule has 10 heterocycles. The molecule has 12 aliphatic rings. The largest absolute Gasteiger partial charge is 1.00 e. The SMILES string of the molecule is C.CC1(C)C(/C=C\C2=C(Cl)C(=C/C=C3/N(CCCCS(=O)(=O)[O-])c4ccccc4C3(C)C)/CCC2)=[N+](CCCCS(=O)(=O)[O-])c2ccccc21.CCCN1/C(=C/C=C2\CCCC(/C=C\C3=[N+](CCC)c4ccccc4C3(C)C)=C2Cl)C(C)(C)c2ccccc21.CN(C)c1ccc(C2=C([O-])/C(=C3/C=CC(=[N+](C)C)S3)C(=O)C2=O)s1.O=C1C(=O)/C(=C2\C=CC(=[N+]3CCCCC3)S2)C([O-])=C1c1ccc(N2CCCCC2)s1.[I-].[Na+]. The zero-order valence-electron chi connectivity index (χ0n) is 85.3. The number of unbranched alkanes of at least 4 members (excludes halogenated alkanes) is 2. The molecule has 8 aliphatic heterocycles. The molecule has 145 heavy (non-hydrogen) atoms. The van der Waals surface area contributed by atoms with Crippen LogP contribution in [-0.4, -0.2) is 181 Å². The van der Waals surface area contributed by atoms with Crippen molar-refractivity contribution < 1.29 is 127 Å². The summed E-state index contributed by atoms with van der Waals surface area (Å²) in [7, 11) is -0.961. The summed E-state index contributed by atoms with van der Waals surface area (Å²) < 4.78 is 76.1. The number of piperidine rings is 2. The zero-order chi connectivity index (χ0) is 102. The van der Waals surface area contributed by atoms with Gasteiger partial charge in [0.25, 0.3) is 0 Å². The number of hydrogen-bond acceptors (Lipinski definition) is 20. The molecule has 30 heteroatoms. The summed E-state index contributed by atoms with van der Waals surface area (Å²) >= 11 is 19.8. The van der Waals surface area contributed by atoms with Crippen LogP contribution >= 0.6 is 69.4 Å². The van der Waals surface area contributed by atoms with Crippen LogP contribution in [0, 0.1) is 0 Å². The molecular weight excluding hydrogens is 2100 g/mol. The second kappa shape index (κ2) is 49.2. The molecule has 0 spiro atoms. The summed E-state index contributed by atoms with van der Waals surface area (Å²) in [4.78, 5) is 61.5. The molecule has 4 aliphatic carbocycles. The third-order valence-corrected chi connectivity index (χ3v) is 36.0. The van der Waals surface area contributed by atoms with Gasteiger partial charge in [-0.25, -0.2) is 26.0 Å². The normalized spacial score (nSPS) is 21.5. The first-order valence-corrected chi connectivity index (χ1v) is 56.9. The van der Waals surface area contributed by atoms with Crippen LogP contribution in [0.15, 0.2) is 270 Å². The van der Waals surface area contributed by atoms with Gasteiger partial charge in [-0.1, -0.05) is 181 Å². The van der Waals surface area contributed by atoms with E-state index in [1.54, 1.807) is 12.1 Å². The number of carbonyl (C=O) groups is 4. The van der Waals surface area contributed by atoms with Crippen molar-refractivity contribution in [3.8, 4) is 0 Å². The Morgan fingerprint density at radius 2 is 0.917 bits per heavy atom. The Labute approximate surface area is 924 Å². The van der Waals surface area contributed by atoms with E-state index in [1.165, 1.54) is 115 Å². The van der Waals surface area contributed by atoms with Crippen molar-refractivity contribution in [2.24, 2.45) is 0 Å². The molecule has 2 fully saturated rings. The first kappa shape index (κ1) is 115. The minimum atomic E-state index is -4.25. The van der Waals surface area contributed by atoms with Crippen molar-refractivity contribution in [2.45, 2.75) is 214 Å². The summed E-state index contributed by atoms with van der Waals surface area (Å²) in [6.07, 6.45) is 42.1. The van der Waals surface area contributed by atoms with E-state index in [1.807, 2.05) is 98.4 Å². The van der Waals surface area contributed by atoms with Crippen molar-refractivity contribution >= 4 is 178 Å². The maximum absolute atomic E-state index is 13.2. The standard InChI is InChI=1S/C38H47ClN2O6S2.C36H44ClN2.C23H24N2O3S2.C17H16N2O3S2.CH4.HI.Na/c1-37(2)30-16-5-7-18-32(30)40(24-9-11-26-48(42,43)44)34(37)22-20-28-14-13-15-29(36(28)39)21-23-35-38(3,4)31-17-6-8-19-33(31)41(35)25-10-12-27-49(45,46)47;1-7-24-38-30-18-11-9-16-28(30)35(3,4)32(38)22-20-26-14-13-15-27(34(26)37)21-23-33-36(5,6)29-17-10-12-19-31(29)39(33)25-8-2;26-21-19(15-7-9-17(29-15)24-11-3-1-4-12-24)22(27)23(28)20(21)16-8-10-18(30-16)25-13-5-2-6-14-25;1-18(2)11-7-5-9(23-11)13-15(20)14(17(22)16(13)21)10-6-8-12(24-10)19(3)4;;;/h5-8,16-23H,9-15,24-27H2,1-4H3,(H-,42,43,44,45,46,47);9-12,16-23H,7-8,13-15,24-25H2,1-6H3;7-10H,1-6,11-14H2;5-8H,1-4H3;1H4;1H;/q;+1;;;;;+1/p-2. The Kier molecular flexibility index (Phi) is 39.1. The van der Waals surface area contributed by atoms with Crippen molar-refractivity contribution in [1.29, 1.82) is 0 Å². The predicted octanol–water partition coefficient (Wildman–Crippen LogP) is 16.3. The molecule has 0 N–H and O–H groups in total. The van der Waals surface area contributed by atoms with Crippen LogP contribution in [0.25, 0.3) is 11.1 Å². The summed E-state index contributed by atoms with van der Waals surface area (Å²) in [5, 5.41) is 31.6. The molecule has 764 valence electrons. The van der Waals surface area contributed by atoms with Gasteiger partial charge in [0.1, 0.15) is 40.3 Å². The van der Waals surface area contributed by atoms with Gasteiger partial charge < -0.3 is 62.9 Å². The van der Waals surface area contributed by atoms with Crippen LogP contribution in [0.5, 0.6) is 0 Å². The Bertz CT molecular complexity index is 6910. The maximum atomic E-state index is 13.2. The van der Waals surface area contributed by atoms with E-state index >= 15 is 0 Å². The third kappa shape index (κ3) is 25.3. The average molecular weight is 2230 g/mol. The molecule has 18 rings (SSSR count). The first-order valence-electron chi connectivity index (χ1n) is 49.7. The number of rotatable bonds is 24. The molecular formula is C115H134Cl2IN8NaO12S6. The summed E-state index contributed by atoms with van der Waals surface area (Å²) in [6.45, 7) is 29.9. The minimum absolute atomic E-state index is 0. The van der Waals surface area contributed by atoms with Gasteiger partial charge in [0.15, 0.2) is 11.4 Å². The quantitative estimate of drug-likeness (QED) is 0.0104. The number of Topliss-reactive ketones (excluding diaryl/α,β-unsaturated/α-hetero) is 4. The van der Waals surface area contributed by atoms with E-state index in [-0.39, 0.29) is 116 Å². The molecule has 0 saturated carbocycles. The van der Waals surface area contributed by atoms with Crippen molar-refractivity contribution in [3.05, 3.63) is 302 Å². The van der Waals surface area contributed by atoms with Gasteiger partial charge >= 0.3 is 29.6 Å². The number of para-hydroxylation sites is 4. The Morgan fingerprint density at radius 1 is 0.476 bits per heavy atom. The van der Waals surface area contributed by atoms with Crippen LogP contribution in [0.1, 0.15) is 224 Å². The van der Waals surface area contributed by atoms with Gasteiger partial charge in [-0.2, -0.15) is 9.15 Å². The molecule has 20 nitrogen and oxygen atoms in total. The Morgan fingerprint density at radius 3 is 1.39 bits per heavy atom. The van der Waals surface area contributed by atoms with Crippen molar-refractivity contribution in [2.75, 3.05) is 112 Å². The van der Waals surface area contributed by atoms with E-state index in [0.717, 1.165) is 180 Å². The molecule has 6 aromatic rings. The molecule has 0 radical (unpaired) electrons. The minimum Gasteiger partial charge on any atom is -1.00 e. The third-order valence-electron chi connectivity index (χ3n) is 28.6. The Balaban J connectivity index is 0.000000176. The summed E-state index contributed by atoms with van der Waals surface area (Å²) in [5.41, 5.74) is 19.1. The number of fused-ring (bicyclic) bond motifs is 4. The van der Waals surface area contributed by atoms with Gasteiger partial charge in [0.2, 0.25) is 44.6 Å². The summed E-state index contributed by atoms with van der Waals surface area (Å²) in [5.74, 6) is -4.34. The molecule has 0 bridgehead atoms. The second-order valence-corrected chi connectivity index (χ2v) is 48.4. The fourth-order valence-electron chi connectivity index (χ4n) is 21.1. The monoisotopic (exact) mass is 2230 g/mol. The molecule has 0 atom stereocenters. The van der Waals surface area contributed by atoms with Crippen LogP contribution in [0.3, 0.4) is 0 Å². The van der Waals surface area contributed by atoms with E-state index in [4.69, 9.17) is 23.2 Å². The first-order chi connectivity index (χ1) is 67.7. The van der Waals surface area contributed by atoms with E-state index in [9.17, 15) is 55.3 Å². The maximum Gasteiger partial charge on any atom is 1.00 e. The fraction of sp³-hybridized carbons (Fsp3) is 0.409. The number of benzene rings is 4. The van der Waals surface area contributed by atoms with E-state index < -0.39 is 54.9 Å². The number of ketones is 4. The number of thiophene rings is 2. The molecule has 0 amide bonds.